The lowest BCUT2D eigenvalue weighted by Gasteiger charge is -2.13. The van der Waals surface area contributed by atoms with Crippen molar-refractivity contribution in [1.29, 1.82) is 0 Å². The average Bonchev–Trinajstić information content (AvgIpc) is 3.04. The number of nitrogens with zero attached hydrogens (tertiary/aromatic N) is 2. The van der Waals surface area contributed by atoms with Gasteiger partial charge in [0.1, 0.15) is 5.75 Å². The molecule has 2 N–H and O–H groups in total. The van der Waals surface area contributed by atoms with Crippen LogP contribution in [-0.2, 0) is 0 Å². The molecule has 0 atom stereocenters. The van der Waals surface area contributed by atoms with Crippen molar-refractivity contribution in [2.24, 2.45) is 0 Å². The van der Waals surface area contributed by atoms with E-state index in [-0.39, 0.29) is 17.6 Å². The van der Waals surface area contributed by atoms with Crippen LogP contribution in [0.1, 0.15) is 41.4 Å². The van der Waals surface area contributed by atoms with E-state index in [1.165, 1.54) is 0 Å². The van der Waals surface area contributed by atoms with E-state index in [1.54, 1.807) is 41.2 Å². The number of halogens is 1. The van der Waals surface area contributed by atoms with Crippen LogP contribution in [0.2, 0.25) is 5.02 Å². The molecule has 0 fully saturated rings. The van der Waals surface area contributed by atoms with Gasteiger partial charge < -0.3 is 10.4 Å². The number of hydrogen-bond acceptors (Lipinski definition) is 3. The summed E-state index contributed by atoms with van der Waals surface area (Å²) in [6.07, 6.45) is 1.55. The van der Waals surface area contributed by atoms with Crippen molar-refractivity contribution in [3.05, 3.63) is 70.5 Å². The predicted octanol–water partition coefficient (Wildman–Crippen LogP) is 4.92. The predicted molar refractivity (Wildman–Crippen MR) is 103 cm³/mol. The number of carbonyl (C=O) groups excluding carboxylic acids is 1. The van der Waals surface area contributed by atoms with E-state index in [0.717, 1.165) is 16.9 Å². The van der Waals surface area contributed by atoms with E-state index in [0.29, 0.717) is 16.3 Å². The zero-order chi connectivity index (χ0) is 18.8. The van der Waals surface area contributed by atoms with E-state index >= 15 is 0 Å². The first-order valence-corrected chi connectivity index (χ1v) is 8.69. The molecule has 2 aromatic carbocycles. The van der Waals surface area contributed by atoms with Crippen LogP contribution in [-0.4, -0.2) is 20.8 Å². The van der Waals surface area contributed by atoms with Crippen molar-refractivity contribution in [2.45, 2.75) is 26.7 Å². The molecule has 1 aromatic heterocycles. The van der Waals surface area contributed by atoms with Gasteiger partial charge in [-0.05, 0) is 54.8 Å². The second kappa shape index (κ2) is 7.22. The quantitative estimate of drug-likeness (QED) is 0.642. The molecule has 0 saturated carbocycles. The summed E-state index contributed by atoms with van der Waals surface area (Å²) < 4.78 is 1.74. The van der Waals surface area contributed by atoms with Gasteiger partial charge in [-0.3, -0.25) is 4.79 Å². The lowest BCUT2D eigenvalue weighted by atomic mass is 10.0. The molecule has 3 rings (SSSR count). The maximum absolute atomic E-state index is 12.8. The molecule has 134 valence electrons. The molecule has 0 aliphatic rings. The first kappa shape index (κ1) is 18.0. The first-order valence-electron chi connectivity index (χ1n) is 8.31. The molecule has 0 saturated heterocycles. The Kier molecular flexibility index (Phi) is 5.00. The summed E-state index contributed by atoms with van der Waals surface area (Å²) in [6, 6.07) is 12.4. The lowest BCUT2D eigenvalue weighted by molar-refractivity contribution is 0.102. The van der Waals surface area contributed by atoms with Crippen molar-refractivity contribution >= 4 is 23.2 Å². The molecule has 3 aromatic rings. The zero-order valence-electron chi connectivity index (χ0n) is 14.8. The van der Waals surface area contributed by atoms with Gasteiger partial charge in [-0.25, -0.2) is 4.68 Å². The highest BCUT2D eigenvalue weighted by atomic mass is 35.5. The Labute approximate surface area is 157 Å². The zero-order valence-corrected chi connectivity index (χ0v) is 15.6. The number of phenols is 1. The number of hydrogen-bond donors (Lipinski definition) is 2. The Morgan fingerprint density at radius 3 is 2.54 bits per heavy atom. The van der Waals surface area contributed by atoms with E-state index in [4.69, 9.17) is 11.6 Å². The summed E-state index contributed by atoms with van der Waals surface area (Å²) in [5.74, 6) is -0.213. The van der Waals surface area contributed by atoms with Gasteiger partial charge in [0.15, 0.2) is 0 Å². The smallest absolute Gasteiger partial charge is 0.259 e. The van der Waals surface area contributed by atoms with E-state index < -0.39 is 0 Å². The SMILES string of the molecule is Cc1ccc(O)c(NC(=O)c2cnn(-c3ccc(Cl)cc3)c2C(C)C)c1. The topological polar surface area (TPSA) is 67.2 Å². The van der Waals surface area contributed by atoms with Crippen LogP contribution in [0, 0.1) is 6.92 Å². The molecule has 6 heteroatoms. The minimum Gasteiger partial charge on any atom is -0.506 e. The summed E-state index contributed by atoms with van der Waals surface area (Å²) in [5.41, 5.74) is 3.41. The minimum absolute atomic E-state index is 0.0279. The van der Waals surface area contributed by atoms with Crippen molar-refractivity contribution in [2.75, 3.05) is 5.32 Å². The van der Waals surface area contributed by atoms with Crippen LogP contribution in [0.5, 0.6) is 5.75 Å². The van der Waals surface area contributed by atoms with Gasteiger partial charge in [0.25, 0.3) is 5.91 Å². The van der Waals surface area contributed by atoms with E-state index in [1.807, 2.05) is 32.9 Å². The molecule has 5 nitrogen and oxygen atoms in total. The maximum atomic E-state index is 12.8. The molecule has 26 heavy (non-hydrogen) atoms. The van der Waals surface area contributed by atoms with Crippen molar-refractivity contribution in [1.82, 2.24) is 9.78 Å². The monoisotopic (exact) mass is 369 g/mol. The van der Waals surface area contributed by atoms with Gasteiger partial charge in [0.2, 0.25) is 0 Å². The molecule has 0 bridgehead atoms. The highest BCUT2D eigenvalue weighted by Crippen LogP contribution is 2.27. The minimum atomic E-state index is -0.310. The van der Waals surface area contributed by atoms with Crippen LogP contribution in [0.3, 0.4) is 0 Å². The number of amides is 1. The van der Waals surface area contributed by atoms with Gasteiger partial charge in [-0.15, -0.1) is 0 Å². The van der Waals surface area contributed by atoms with Gasteiger partial charge in [0, 0.05) is 5.02 Å². The van der Waals surface area contributed by atoms with E-state index in [2.05, 4.69) is 10.4 Å². The number of carbonyl (C=O) groups is 1. The number of anilines is 1. The third-order valence-corrected chi connectivity index (χ3v) is 4.32. The highest BCUT2D eigenvalue weighted by molar-refractivity contribution is 6.30. The number of nitrogens with one attached hydrogen (secondary N) is 1. The van der Waals surface area contributed by atoms with E-state index in [9.17, 15) is 9.90 Å². The fourth-order valence-electron chi connectivity index (χ4n) is 2.82. The molecule has 0 spiro atoms. The number of aromatic hydroxyl groups is 1. The third-order valence-electron chi connectivity index (χ3n) is 4.07. The molecule has 0 aliphatic heterocycles. The van der Waals surface area contributed by atoms with Crippen LogP contribution < -0.4 is 5.32 Å². The summed E-state index contributed by atoms with van der Waals surface area (Å²) in [5, 5.41) is 17.8. The maximum Gasteiger partial charge on any atom is 0.259 e. The molecule has 1 amide bonds. The van der Waals surface area contributed by atoms with Gasteiger partial charge in [-0.2, -0.15) is 5.10 Å². The largest absolute Gasteiger partial charge is 0.506 e. The molecule has 0 aliphatic carbocycles. The number of aryl methyl sites for hydroxylation is 1. The van der Waals surface area contributed by atoms with Crippen molar-refractivity contribution < 1.29 is 9.90 Å². The van der Waals surface area contributed by atoms with Crippen LogP contribution in [0.25, 0.3) is 5.69 Å². The molecular weight excluding hydrogens is 350 g/mol. The Morgan fingerprint density at radius 1 is 1.19 bits per heavy atom. The molecule has 0 unspecified atom stereocenters. The summed E-state index contributed by atoms with van der Waals surface area (Å²) in [4.78, 5) is 12.8. The summed E-state index contributed by atoms with van der Waals surface area (Å²) >= 11 is 5.96. The number of phenolic OH excluding ortho intramolecular Hbond substituents is 1. The molecule has 1 heterocycles. The third kappa shape index (κ3) is 3.58. The highest BCUT2D eigenvalue weighted by Gasteiger charge is 2.21. The summed E-state index contributed by atoms with van der Waals surface area (Å²) in [6.45, 7) is 5.90. The Morgan fingerprint density at radius 2 is 1.88 bits per heavy atom. The molecule has 0 radical (unpaired) electrons. The number of benzene rings is 2. The van der Waals surface area contributed by atoms with Gasteiger partial charge >= 0.3 is 0 Å². The van der Waals surface area contributed by atoms with Gasteiger partial charge in [-0.1, -0.05) is 31.5 Å². The Hall–Kier alpha value is -2.79. The van der Waals surface area contributed by atoms with Crippen LogP contribution in [0.15, 0.2) is 48.7 Å². The fourth-order valence-corrected chi connectivity index (χ4v) is 2.94. The fraction of sp³-hybridized carbons (Fsp3) is 0.200. The molecular formula is C20H20ClN3O2. The first-order chi connectivity index (χ1) is 12.4. The standard InChI is InChI=1S/C20H20ClN3O2/c1-12(2)19-16(11-22-24(19)15-7-5-14(21)6-8-15)20(26)23-17-10-13(3)4-9-18(17)25/h4-12,25H,1-3H3,(H,23,26). The van der Waals surface area contributed by atoms with Crippen LogP contribution in [0.4, 0.5) is 5.69 Å². The average molecular weight is 370 g/mol. The van der Waals surface area contributed by atoms with Crippen molar-refractivity contribution in [3.63, 3.8) is 0 Å². The lowest BCUT2D eigenvalue weighted by Crippen LogP contribution is -2.15. The number of aromatic nitrogens is 2. The second-order valence-electron chi connectivity index (χ2n) is 6.46. The second-order valence-corrected chi connectivity index (χ2v) is 6.90. The number of rotatable bonds is 4. The normalized spacial score (nSPS) is 11.0. The van der Waals surface area contributed by atoms with Crippen molar-refractivity contribution in [3.8, 4) is 11.4 Å². The Balaban J connectivity index is 1.98. The van der Waals surface area contributed by atoms with Crippen LogP contribution >= 0.6 is 11.6 Å². The Bertz CT molecular complexity index is 946. The summed E-state index contributed by atoms with van der Waals surface area (Å²) in [7, 11) is 0. The van der Waals surface area contributed by atoms with Gasteiger partial charge in [0.05, 0.1) is 28.8 Å².